The molecule has 1 aromatic rings. The van der Waals surface area contributed by atoms with Crippen molar-refractivity contribution >= 4 is 20.0 Å². The van der Waals surface area contributed by atoms with Gasteiger partial charge in [-0.25, -0.2) is 16.8 Å². The minimum Gasteiger partial charge on any atom is -0.213 e. The first-order valence-corrected chi connectivity index (χ1v) is 10.1. The fraction of sp³-hybridized carbons (Fsp3) is 0.538. The molecule has 118 valence electrons. The smallest absolute Gasteiger partial charge is 0.213 e. The van der Waals surface area contributed by atoms with Crippen molar-refractivity contribution < 1.29 is 16.8 Å². The first-order valence-electron chi connectivity index (χ1n) is 6.67. The number of aryl methyl sites for hydroxylation is 1. The topological polar surface area (TPSA) is 74.8 Å². The molecule has 0 aliphatic carbocycles. The lowest BCUT2D eigenvalue weighted by molar-refractivity contribution is 0.274. The molecule has 2 rings (SSSR count). The van der Waals surface area contributed by atoms with Crippen LogP contribution >= 0.6 is 0 Å². The summed E-state index contributed by atoms with van der Waals surface area (Å²) in [6.07, 6.45) is 1.14. The molecule has 0 radical (unpaired) electrons. The summed E-state index contributed by atoms with van der Waals surface area (Å²) in [4.78, 5) is 0. The molecule has 6 nitrogen and oxygen atoms in total. The Morgan fingerprint density at radius 3 is 1.86 bits per heavy atom. The van der Waals surface area contributed by atoms with Crippen LogP contribution in [0.1, 0.15) is 11.1 Å². The molecule has 1 aliphatic heterocycles. The van der Waals surface area contributed by atoms with Crippen LogP contribution in [-0.4, -0.2) is 57.9 Å². The molecule has 1 aliphatic rings. The van der Waals surface area contributed by atoms with Crippen LogP contribution in [0.3, 0.4) is 0 Å². The normalized spacial score (nSPS) is 18.8. The van der Waals surface area contributed by atoms with Gasteiger partial charge in [0.15, 0.2) is 0 Å². The van der Waals surface area contributed by atoms with Crippen LogP contribution < -0.4 is 0 Å². The summed E-state index contributed by atoms with van der Waals surface area (Å²) in [6.45, 7) is 2.79. The second-order valence-electron chi connectivity index (χ2n) is 5.30. The zero-order chi connectivity index (χ0) is 15.7. The molecule has 0 atom stereocenters. The molecule has 1 aromatic carbocycles. The number of benzene rings is 1. The minimum atomic E-state index is -3.41. The Hall–Kier alpha value is -0.960. The van der Waals surface area contributed by atoms with E-state index in [1.165, 1.54) is 8.61 Å². The summed E-state index contributed by atoms with van der Waals surface area (Å²) in [6, 6.07) is 7.37. The van der Waals surface area contributed by atoms with Crippen molar-refractivity contribution in [3.63, 3.8) is 0 Å². The molecular weight excluding hydrogens is 312 g/mol. The van der Waals surface area contributed by atoms with Gasteiger partial charge in [-0.3, -0.25) is 0 Å². The zero-order valence-electron chi connectivity index (χ0n) is 12.2. The number of hydrogen-bond acceptors (Lipinski definition) is 4. The molecule has 0 unspecified atom stereocenters. The number of piperazine rings is 1. The summed E-state index contributed by atoms with van der Waals surface area (Å²) in [5, 5.41) is 0. The third-order valence-corrected chi connectivity index (χ3v) is 6.68. The van der Waals surface area contributed by atoms with E-state index in [9.17, 15) is 16.8 Å². The fourth-order valence-electron chi connectivity index (χ4n) is 2.27. The molecule has 0 aromatic heterocycles. The van der Waals surface area contributed by atoms with Crippen molar-refractivity contribution in [2.24, 2.45) is 0 Å². The molecule has 0 saturated carbocycles. The molecular formula is C13H20N2O4S2. The third kappa shape index (κ3) is 4.26. The second-order valence-corrected chi connectivity index (χ2v) is 9.25. The maximum absolute atomic E-state index is 12.4. The summed E-state index contributed by atoms with van der Waals surface area (Å²) < 4.78 is 50.2. The predicted octanol–water partition coefficient (Wildman–Crippen LogP) is 0.402. The summed E-state index contributed by atoms with van der Waals surface area (Å²) in [5.74, 6) is -0.0494. The highest BCUT2D eigenvalue weighted by atomic mass is 32.2. The van der Waals surface area contributed by atoms with E-state index in [0.717, 1.165) is 17.4 Å². The van der Waals surface area contributed by atoms with Gasteiger partial charge in [0.1, 0.15) is 0 Å². The second kappa shape index (κ2) is 6.04. The first-order chi connectivity index (χ1) is 9.68. The SMILES string of the molecule is Cc1ccc(CS(=O)(=O)N2CCN(S(C)(=O)=O)CC2)cc1. The molecule has 1 fully saturated rings. The van der Waals surface area contributed by atoms with Crippen LogP contribution in [0.4, 0.5) is 0 Å². The Labute approximate surface area is 126 Å². The maximum atomic E-state index is 12.4. The van der Waals surface area contributed by atoms with Crippen molar-refractivity contribution in [1.29, 1.82) is 0 Å². The fourth-order valence-corrected chi connectivity index (χ4v) is 4.61. The number of nitrogens with zero attached hydrogens (tertiary/aromatic N) is 2. The van der Waals surface area contributed by atoms with Crippen LogP contribution in [0.15, 0.2) is 24.3 Å². The quantitative estimate of drug-likeness (QED) is 0.800. The average Bonchev–Trinajstić information content (AvgIpc) is 2.40. The highest BCUT2D eigenvalue weighted by molar-refractivity contribution is 7.88. The van der Waals surface area contributed by atoms with Gasteiger partial charge in [-0.05, 0) is 12.5 Å². The molecule has 0 spiro atoms. The van der Waals surface area contributed by atoms with Crippen molar-refractivity contribution in [3.8, 4) is 0 Å². The Morgan fingerprint density at radius 2 is 1.38 bits per heavy atom. The lowest BCUT2D eigenvalue weighted by atomic mass is 10.2. The van der Waals surface area contributed by atoms with Gasteiger partial charge in [0, 0.05) is 26.2 Å². The zero-order valence-corrected chi connectivity index (χ0v) is 13.8. The van der Waals surface area contributed by atoms with Crippen molar-refractivity contribution in [3.05, 3.63) is 35.4 Å². The van der Waals surface area contributed by atoms with E-state index in [2.05, 4.69) is 0 Å². The molecule has 0 N–H and O–H groups in total. The Balaban J connectivity index is 2.03. The molecule has 0 bridgehead atoms. The highest BCUT2D eigenvalue weighted by Gasteiger charge is 2.30. The lowest BCUT2D eigenvalue weighted by Crippen LogP contribution is -2.50. The van der Waals surface area contributed by atoms with Gasteiger partial charge >= 0.3 is 0 Å². The van der Waals surface area contributed by atoms with E-state index >= 15 is 0 Å². The minimum absolute atomic E-state index is 0.0494. The largest absolute Gasteiger partial charge is 0.218 e. The number of rotatable bonds is 4. The van der Waals surface area contributed by atoms with Crippen LogP contribution in [-0.2, 0) is 25.8 Å². The van der Waals surface area contributed by atoms with Crippen LogP contribution in [0.5, 0.6) is 0 Å². The third-order valence-electron chi connectivity index (χ3n) is 3.53. The van der Waals surface area contributed by atoms with E-state index in [1.54, 1.807) is 12.1 Å². The summed E-state index contributed by atoms with van der Waals surface area (Å²) in [5.41, 5.74) is 1.82. The summed E-state index contributed by atoms with van der Waals surface area (Å²) >= 11 is 0. The van der Waals surface area contributed by atoms with Gasteiger partial charge in [-0.2, -0.15) is 8.61 Å². The van der Waals surface area contributed by atoms with Crippen LogP contribution in [0.2, 0.25) is 0 Å². The van der Waals surface area contributed by atoms with Crippen molar-refractivity contribution in [2.75, 3.05) is 32.4 Å². The van der Waals surface area contributed by atoms with Crippen LogP contribution in [0.25, 0.3) is 0 Å². The monoisotopic (exact) mass is 332 g/mol. The van der Waals surface area contributed by atoms with Gasteiger partial charge in [0.2, 0.25) is 20.0 Å². The van der Waals surface area contributed by atoms with E-state index in [-0.39, 0.29) is 31.9 Å². The van der Waals surface area contributed by atoms with Gasteiger partial charge < -0.3 is 0 Å². The van der Waals surface area contributed by atoms with Crippen LogP contribution in [0, 0.1) is 6.92 Å². The lowest BCUT2D eigenvalue weighted by Gasteiger charge is -2.32. The molecule has 1 saturated heterocycles. The number of hydrogen-bond donors (Lipinski definition) is 0. The summed E-state index contributed by atoms with van der Waals surface area (Å²) in [7, 11) is -6.65. The van der Waals surface area contributed by atoms with E-state index < -0.39 is 20.0 Å². The predicted molar refractivity (Wildman–Crippen MR) is 81.8 cm³/mol. The molecule has 21 heavy (non-hydrogen) atoms. The average molecular weight is 332 g/mol. The van der Waals surface area contributed by atoms with Gasteiger partial charge in [0.05, 0.1) is 12.0 Å². The number of sulfonamides is 2. The standard InChI is InChI=1S/C13H20N2O4S2/c1-12-3-5-13(6-4-12)11-21(18,19)15-9-7-14(8-10-15)20(2,16)17/h3-6H,7-11H2,1-2H3. The Morgan fingerprint density at radius 1 is 0.905 bits per heavy atom. The van der Waals surface area contributed by atoms with E-state index in [1.807, 2.05) is 19.1 Å². The van der Waals surface area contributed by atoms with Gasteiger partial charge in [0.25, 0.3) is 0 Å². The van der Waals surface area contributed by atoms with Crippen molar-refractivity contribution in [1.82, 2.24) is 8.61 Å². The van der Waals surface area contributed by atoms with Crippen molar-refractivity contribution in [2.45, 2.75) is 12.7 Å². The Bertz CT molecular complexity index is 688. The van der Waals surface area contributed by atoms with E-state index in [0.29, 0.717) is 0 Å². The first kappa shape index (κ1) is 16.4. The highest BCUT2D eigenvalue weighted by Crippen LogP contribution is 2.15. The van der Waals surface area contributed by atoms with Gasteiger partial charge in [-0.15, -0.1) is 0 Å². The molecule has 1 heterocycles. The van der Waals surface area contributed by atoms with Gasteiger partial charge in [-0.1, -0.05) is 29.8 Å². The van der Waals surface area contributed by atoms with E-state index in [4.69, 9.17) is 0 Å². The molecule has 0 amide bonds. The maximum Gasteiger partial charge on any atom is 0.218 e. The Kier molecular flexibility index (Phi) is 4.72. The molecule has 8 heteroatoms.